The van der Waals surface area contributed by atoms with Gasteiger partial charge in [0, 0.05) is 0 Å². The van der Waals surface area contributed by atoms with E-state index in [1.165, 1.54) is 5.56 Å². The second kappa shape index (κ2) is 4.35. The summed E-state index contributed by atoms with van der Waals surface area (Å²) >= 11 is 0. The van der Waals surface area contributed by atoms with Gasteiger partial charge in [0.05, 0.1) is 12.5 Å². The van der Waals surface area contributed by atoms with Gasteiger partial charge >= 0.3 is 0 Å². The molecule has 0 saturated carbocycles. The molecule has 12 heavy (non-hydrogen) atoms. The molecule has 1 heteroatoms. The van der Waals surface area contributed by atoms with Crippen LogP contribution in [0.2, 0.25) is 0 Å². The highest BCUT2D eigenvalue weighted by Crippen LogP contribution is 2.05. The summed E-state index contributed by atoms with van der Waals surface area (Å²) in [6, 6.07) is 10.2. The zero-order chi connectivity index (χ0) is 8.81. The number of nitriles is 1. The summed E-state index contributed by atoms with van der Waals surface area (Å²) in [5, 5.41) is 8.43. The highest BCUT2D eigenvalue weighted by atomic mass is 14.2. The van der Waals surface area contributed by atoms with Crippen LogP contribution in [-0.4, -0.2) is 0 Å². The van der Waals surface area contributed by atoms with Crippen LogP contribution in [0.25, 0.3) is 0 Å². The standard InChI is InChI=1S/C11H11N/c1-2-3-10-4-6-11(7-5-10)8-9-12/h2,4-7H,1,3,8H2. The fourth-order valence-electron chi connectivity index (χ4n) is 1.05. The van der Waals surface area contributed by atoms with Crippen LogP contribution >= 0.6 is 0 Å². The van der Waals surface area contributed by atoms with Crippen molar-refractivity contribution in [1.82, 2.24) is 0 Å². The van der Waals surface area contributed by atoms with Gasteiger partial charge < -0.3 is 0 Å². The summed E-state index contributed by atoms with van der Waals surface area (Å²) in [7, 11) is 0. The molecule has 0 amide bonds. The van der Waals surface area contributed by atoms with Crippen LogP contribution in [0.1, 0.15) is 11.1 Å². The van der Waals surface area contributed by atoms with E-state index >= 15 is 0 Å². The molecule has 60 valence electrons. The Balaban J connectivity index is 2.72. The summed E-state index contributed by atoms with van der Waals surface area (Å²) in [4.78, 5) is 0. The van der Waals surface area contributed by atoms with E-state index < -0.39 is 0 Å². The van der Waals surface area contributed by atoms with E-state index in [9.17, 15) is 0 Å². The summed E-state index contributed by atoms with van der Waals surface area (Å²) < 4.78 is 0. The first kappa shape index (κ1) is 8.55. The van der Waals surface area contributed by atoms with Gasteiger partial charge in [-0.3, -0.25) is 0 Å². The van der Waals surface area contributed by atoms with Crippen molar-refractivity contribution in [2.45, 2.75) is 12.8 Å². The van der Waals surface area contributed by atoms with Crippen molar-refractivity contribution < 1.29 is 0 Å². The van der Waals surface area contributed by atoms with Gasteiger partial charge in [-0.05, 0) is 17.5 Å². The molecule has 0 aliphatic rings. The van der Waals surface area contributed by atoms with Crippen LogP contribution in [-0.2, 0) is 12.8 Å². The molecule has 0 atom stereocenters. The average molecular weight is 157 g/mol. The van der Waals surface area contributed by atoms with Gasteiger partial charge in [-0.25, -0.2) is 0 Å². The number of rotatable bonds is 3. The highest BCUT2D eigenvalue weighted by molar-refractivity contribution is 5.25. The Morgan fingerprint density at radius 2 is 1.83 bits per heavy atom. The number of benzene rings is 1. The largest absolute Gasteiger partial charge is 0.198 e. The average Bonchev–Trinajstić information content (AvgIpc) is 2.09. The third kappa shape index (κ3) is 2.25. The van der Waals surface area contributed by atoms with E-state index in [2.05, 4.69) is 12.6 Å². The maximum atomic E-state index is 8.43. The fourth-order valence-corrected chi connectivity index (χ4v) is 1.05. The number of nitrogens with zero attached hydrogens (tertiary/aromatic N) is 1. The first-order valence-electron chi connectivity index (χ1n) is 3.92. The third-order valence-corrected chi connectivity index (χ3v) is 1.69. The third-order valence-electron chi connectivity index (χ3n) is 1.69. The van der Waals surface area contributed by atoms with E-state index in [4.69, 9.17) is 5.26 Å². The van der Waals surface area contributed by atoms with Crippen LogP contribution in [0.4, 0.5) is 0 Å². The zero-order valence-corrected chi connectivity index (χ0v) is 6.96. The summed E-state index contributed by atoms with van der Waals surface area (Å²) in [5.74, 6) is 0. The van der Waals surface area contributed by atoms with Gasteiger partial charge in [-0.2, -0.15) is 5.26 Å². The molecule has 1 aromatic carbocycles. The Bertz CT molecular complexity index is 290. The lowest BCUT2D eigenvalue weighted by Crippen LogP contribution is -1.83. The maximum absolute atomic E-state index is 8.43. The molecule has 0 fully saturated rings. The lowest BCUT2D eigenvalue weighted by molar-refractivity contribution is 1.22. The molecule has 1 nitrogen and oxygen atoms in total. The van der Waals surface area contributed by atoms with Crippen LogP contribution < -0.4 is 0 Å². The Labute approximate surface area is 73.0 Å². The number of hydrogen-bond acceptors (Lipinski definition) is 1. The summed E-state index contributed by atoms with van der Waals surface area (Å²) in [6.45, 7) is 3.66. The molecule has 0 N–H and O–H groups in total. The highest BCUT2D eigenvalue weighted by Gasteiger charge is 1.91. The molecule has 1 aromatic rings. The van der Waals surface area contributed by atoms with Crippen molar-refractivity contribution in [3.8, 4) is 6.07 Å². The molecule has 0 saturated heterocycles. The van der Waals surface area contributed by atoms with Crippen LogP contribution in [0.5, 0.6) is 0 Å². The normalized spacial score (nSPS) is 8.92. The summed E-state index contributed by atoms with van der Waals surface area (Å²) in [6.07, 6.45) is 3.26. The van der Waals surface area contributed by atoms with E-state index in [0.29, 0.717) is 6.42 Å². The fraction of sp³-hybridized carbons (Fsp3) is 0.182. The molecular formula is C11H11N. The van der Waals surface area contributed by atoms with E-state index in [1.54, 1.807) is 0 Å². The molecule has 0 aliphatic heterocycles. The van der Waals surface area contributed by atoms with Crippen molar-refractivity contribution in [2.24, 2.45) is 0 Å². The second-order valence-electron chi connectivity index (χ2n) is 2.64. The van der Waals surface area contributed by atoms with Crippen molar-refractivity contribution in [2.75, 3.05) is 0 Å². The van der Waals surface area contributed by atoms with Gasteiger partial charge in [-0.1, -0.05) is 30.3 Å². The molecular weight excluding hydrogens is 146 g/mol. The smallest absolute Gasteiger partial charge is 0.0669 e. The first-order chi connectivity index (χ1) is 5.86. The van der Waals surface area contributed by atoms with E-state index in [0.717, 1.165) is 12.0 Å². The van der Waals surface area contributed by atoms with E-state index in [1.807, 2.05) is 30.3 Å². The lowest BCUT2D eigenvalue weighted by atomic mass is 10.1. The number of hydrogen-bond donors (Lipinski definition) is 0. The quantitative estimate of drug-likeness (QED) is 0.618. The van der Waals surface area contributed by atoms with Gasteiger partial charge in [-0.15, -0.1) is 6.58 Å². The van der Waals surface area contributed by atoms with Crippen LogP contribution in [0.15, 0.2) is 36.9 Å². The van der Waals surface area contributed by atoms with E-state index in [-0.39, 0.29) is 0 Å². The molecule has 1 rings (SSSR count). The molecule has 0 spiro atoms. The first-order valence-corrected chi connectivity index (χ1v) is 3.92. The Morgan fingerprint density at radius 1 is 1.25 bits per heavy atom. The summed E-state index contributed by atoms with van der Waals surface area (Å²) in [5.41, 5.74) is 2.32. The van der Waals surface area contributed by atoms with Crippen molar-refractivity contribution >= 4 is 0 Å². The zero-order valence-electron chi connectivity index (χ0n) is 6.96. The molecule has 0 unspecified atom stereocenters. The Hall–Kier alpha value is -1.55. The van der Waals surface area contributed by atoms with Crippen LogP contribution in [0, 0.1) is 11.3 Å². The van der Waals surface area contributed by atoms with Crippen molar-refractivity contribution in [3.05, 3.63) is 48.0 Å². The van der Waals surface area contributed by atoms with Crippen molar-refractivity contribution in [3.63, 3.8) is 0 Å². The second-order valence-corrected chi connectivity index (χ2v) is 2.64. The number of allylic oxidation sites excluding steroid dienone is 1. The minimum absolute atomic E-state index is 0.494. The van der Waals surface area contributed by atoms with Crippen molar-refractivity contribution in [1.29, 1.82) is 5.26 Å². The Morgan fingerprint density at radius 3 is 2.33 bits per heavy atom. The monoisotopic (exact) mass is 157 g/mol. The van der Waals surface area contributed by atoms with Crippen LogP contribution in [0.3, 0.4) is 0 Å². The minimum Gasteiger partial charge on any atom is -0.198 e. The maximum Gasteiger partial charge on any atom is 0.0669 e. The Kier molecular flexibility index (Phi) is 3.10. The lowest BCUT2D eigenvalue weighted by Gasteiger charge is -1.97. The molecule has 0 aliphatic carbocycles. The predicted octanol–water partition coefficient (Wildman–Crippen LogP) is 2.48. The van der Waals surface area contributed by atoms with Gasteiger partial charge in [0.2, 0.25) is 0 Å². The molecule has 0 aromatic heterocycles. The van der Waals surface area contributed by atoms with Gasteiger partial charge in [0.1, 0.15) is 0 Å². The predicted molar refractivity (Wildman–Crippen MR) is 49.7 cm³/mol. The molecule has 0 heterocycles. The van der Waals surface area contributed by atoms with Gasteiger partial charge in [0.15, 0.2) is 0 Å². The van der Waals surface area contributed by atoms with Gasteiger partial charge in [0.25, 0.3) is 0 Å². The molecule has 0 radical (unpaired) electrons. The SMILES string of the molecule is C=CCc1ccc(CC#N)cc1. The molecule has 0 bridgehead atoms. The minimum atomic E-state index is 0.494. The topological polar surface area (TPSA) is 23.8 Å².